The van der Waals surface area contributed by atoms with Crippen molar-refractivity contribution in [3.05, 3.63) is 182 Å². The SMILES string of the molecule is c1ccc(-c2cc(-c3c(-c4ccc(-c5cc6ccccc6c6ccccc56)cc4)ccc4oc5ccccc5c34)nc(-c3ccccc3)n2)cc1. The Balaban J connectivity index is 1.21. The third-order valence-corrected chi connectivity index (χ3v) is 9.90. The van der Waals surface area contributed by atoms with E-state index in [2.05, 4.69) is 146 Å². The summed E-state index contributed by atoms with van der Waals surface area (Å²) in [4.78, 5) is 10.4. The fourth-order valence-electron chi connectivity index (χ4n) is 7.49. The van der Waals surface area contributed by atoms with Crippen LogP contribution in [0.1, 0.15) is 0 Å². The summed E-state index contributed by atoms with van der Waals surface area (Å²) in [7, 11) is 0. The Morgan fingerprint density at radius 2 is 0.941 bits per heavy atom. The molecule has 3 nitrogen and oxygen atoms in total. The molecule has 3 heteroatoms. The topological polar surface area (TPSA) is 38.9 Å². The zero-order valence-corrected chi connectivity index (χ0v) is 27.6. The first kappa shape index (κ1) is 29.1. The molecule has 0 aliphatic carbocycles. The number of rotatable bonds is 5. The van der Waals surface area contributed by atoms with E-state index < -0.39 is 0 Å². The first-order valence-corrected chi connectivity index (χ1v) is 17.2. The quantitative estimate of drug-likeness (QED) is 0.174. The van der Waals surface area contributed by atoms with Crippen LogP contribution in [0.15, 0.2) is 186 Å². The van der Waals surface area contributed by atoms with Gasteiger partial charge in [-0.15, -0.1) is 0 Å². The largest absolute Gasteiger partial charge is 0.456 e. The smallest absolute Gasteiger partial charge is 0.160 e. The van der Waals surface area contributed by atoms with Crippen molar-refractivity contribution in [2.45, 2.75) is 0 Å². The Bertz CT molecular complexity index is 2830. The van der Waals surface area contributed by atoms with Gasteiger partial charge >= 0.3 is 0 Å². The summed E-state index contributed by atoms with van der Waals surface area (Å²) in [6.45, 7) is 0. The van der Waals surface area contributed by atoms with Crippen molar-refractivity contribution >= 4 is 43.5 Å². The van der Waals surface area contributed by atoms with E-state index in [4.69, 9.17) is 14.4 Å². The maximum absolute atomic E-state index is 6.44. The highest BCUT2D eigenvalue weighted by molar-refractivity contribution is 6.16. The summed E-state index contributed by atoms with van der Waals surface area (Å²) in [6.07, 6.45) is 0. The van der Waals surface area contributed by atoms with Gasteiger partial charge in [-0.3, -0.25) is 0 Å². The van der Waals surface area contributed by atoms with Crippen LogP contribution in [0.5, 0.6) is 0 Å². The second-order valence-corrected chi connectivity index (χ2v) is 12.9. The highest BCUT2D eigenvalue weighted by Crippen LogP contribution is 2.44. The molecule has 0 spiro atoms. The van der Waals surface area contributed by atoms with Gasteiger partial charge in [0, 0.05) is 27.5 Å². The lowest BCUT2D eigenvalue weighted by Gasteiger charge is -2.15. The van der Waals surface area contributed by atoms with Crippen molar-refractivity contribution in [2.75, 3.05) is 0 Å². The van der Waals surface area contributed by atoms with Gasteiger partial charge in [0.1, 0.15) is 11.2 Å². The molecule has 10 rings (SSSR count). The van der Waals surface area contributed by atoms with Gasteiger partial charge in [-0.05, 0) is 74.1 Å². The van der Waals surface area contributed by atoms with Gasteiger partial charge in [-0.25, -0.2) is 9.97 Å². The normalized spacial score (nSPS) is 11.5. The minimum Gasteiger partial charge on any atom is -0.456 e. The number of para-hydroxylation sites is 1. The third kappa shape index (κ3) is 4.98. The van der Waals surface area contributed by atoms with Crippen LogP contribution in [0.25, 0.3) is 99.6 Å². The number of aromatic nitrogens is 2. The minimum atomic E-state index is 0.682. The number of hydrogen-bond acceptors (Lipinski definition) is 3. The molecular formula is C48H30N2O. The summed E-state index contributed by atoms with van der Waals surface area (Å²) < 4.78 is 6.44. The van der Waals surface area contributed by atoms with Crippen molar-refractivity contribution in [1.82, 2.24) is 9.97 Å². The van der Waals surface area contributed by atoms with Gasteiger partial charge < -0.3 is 4.42 Å². The number of furan rings is 1. The number of hydrogen-bond donors (Lipinski definition) is 0. The van der Waals surface area contributed by atoms with Crippen LogP contribution < -0.4 is 0 Å². The molecule has 2 heterocycles. The molecular weight excluding hydrogens is 621 g/mol. The van der Waals surface area contributed by atoms with Crippen LogP contribution in [0, 0.1) is 0 Å². The molecule has 0 bridgehead atoms. The highest BCUT2D eigenvalue weighted by atomic mass is 16.3. The molecule has 0 fully saturated rings. The highest BCUT2D eigenvalue weighted by Gasteiger charge is 2.21. The molecule has 238 valence electrons. The zero-order chi connectivity index (χ0) is 33.7. The Labute approximate surface area is 295 Å². The summed E-state index contributed by atoms with van der Waals surface area (Å²) >= 11 is 0. The number of benzene rings is 8. The van der Waals surface area contributed by atoms with Crippen molar-refractivity contribution in [3.63, 3.8) is 0 Å². The van der Waals surface area contributed by atoms with E-state index in [1.54, 1.807) is 0 Å². The third-order valence-electron chi connectivity index (χ3n) is 9.90. The van der Waals surface area contributed by atoms with Crippen LogP contribution >= 0.6 is 0 Å². The second kappa shape index (κ2) is 11.9. The predicted molar refractivity (Wildman–Crippen MR) is 212 cm³/mol. The summed E-state index contributed by atoms with van der Waals surface area (Å²) in [5, 5.41) is 7.13. The summed E-state index contributed by atoms with van der Waals surface area (Å²) in [5.74, 6) is 0.682. The average molecular weight is 651 g/mol. The average Bonchev–Trinajstić information content (AvgIpc) is 3.60. The zero-order valence-electron chi connectivity index (χ0n) is 27.6. The van der Waals surface area contributed by atoms with Gasteiger partial charge in [-0.2, -0.15) is 0 Å². The van der Waals surface area contributed by atoms with E-state index in [0.29, 0.717) is 5.82 Å². The monoisotopic (exact) mass is 650 g/mol. The maximum Gasteiger partial charge on any atom is 0.160 e. The van der Waals surface area contributed by atoms with E-state index in [9.17, 15) is 0 Å². The molecule has 0 aliphatic heterocycles. The minimum absolute atomic E-state index is 0.682. The van der Waals surface area contributed by atoms with E-state index in [-0.39, 0.29) is 0 Å². The molecule has 8 aromatic carbocycles. The van der Waals surface area contributed by atoms with Crippen molar-refractivity contribution in [1.29, 1.82) is 0 Å². The van der Waals surface area contributed by atoms with Gasteiger partial charge in [0.2, 0.25) is 0 Å². The van der Waals surface area contributed by atoms with Gasteiger partial charge in [0.25, 0.3) is 0 Å². The summed E-state index contributed by atoms with van der Waals surface area (Å²) in [6, 6.07) is 63.8. The van der Waals surface area contributed by atoms with Crippen LogP contribution in [0.3, 0.4) is 0 Å². The molecule has 0 amide bonds. The molecule has 0 radical (unpaired) electrons. The van der Waals surface area contributed by atoms with Crippen LogP contribution in [-0.2, 0) is 0 Å². The van der Waals surface area contributed by atoms with Crippen LogP contribution in [0.2, 0.25) is 0 Å². The van der Waals surface area contributed by atoms with Crippen molar-refractivity contribution in [3.8, 4) is 56.2 Å². The van der Waals surface area contributed by atoms with E-state index in [0.717, 1.165) is 61.1 Å². The van der Waals surface area contributed by atoms with Gasteiger partial charge in [0.15, 0.2) is 5.82 Å². The van der Waals surface area contributed by atoms with Crippen molar-refractivity contribution < 1.29 is 4.42 Å². The van der Waals surface area contributed by atoms with E-state index in [1.807, 2.05) is 36.4 Å². The summed E-state index contributed by atoms with van der Waals surface area (Å²) in [5.41, 5.74) is 11.0. The molecule has 0 aliphatic rings. The Hall–Kier alpha value is -6.84. The second-order valence-electron chi connectivity index (χ2n) is 12.9. The molecule has 51 heavy (non-hydrogen) atoms. The Morgan fingerprint density at radius 1 is 0.353 bits per heavy atom. The molecule has 2 aromatic heterocycles. The predicted octanol–water partition coefficient (Wildman–Crippen LogP) is 13.0. The van der Waals surface area contributed by atoms with E-state index in [1.165, 1.54) is 32.7 Å². The Kier molecular flexibility index (Phi) is 6.81. The lowest BCUT2D eigenvalue weighted by molar-refractivity contribution is 0.669. The molecule has 0 unspecified atom stereocenters. The lowest BCUT2D eigenvalue weighted by atomic mass is 9.90. The maximum atomic E-state index is 6.44. The fourth-order valence-corrected chi connectivity index (χ4v) is 7.49. The number of nitrogens with zero attached hydrogens (tertiary/aromatic N) is 2. The Morgan fingerprint density at radius 3 is 1.71 bits per heavy atom. The van der Waals surface area contributed by atoms with Crippen molar-refractivity contribution in [2.24, 2.45) is 0 Å². The first-order valence-electron chi connectivity index (χ1n) is 17.2. The fraction of sp³-hybridized carbons (Fsp3) is 0. The number of fused-ring (bicyclic) bond motifs is 6. The van der Waals surface area contributed by atoms with Crippen LogP contribution in [-0.4, -0.2) is 9.97 Å². The lowest BCUT2D eigenvalue weighted by Crippen LogP contribution is -1.97. The van der Waals surface area contributed by atoms with Crippen LogP contribution in [0.4, 0.5) is 0 Å². The molecule has 0 atom stereocenters. The molecule has 0 N–H and O–H groups in total. The van der Waals surface area contributed by atoms with E-state index >= 15 is 0 Å². The van der Waals surface area contributed by atoms with Gasteiger partial charge in [0.05, 0.1) is 11.4 Å². The standard InChI is InChI=1S/C48H30N2O/c1-3-13-33(14-4-1)42-30-43(50-48(49-42)34-15-5-2-6-16-34)46-37(27-28-45-47(46)40-21-11-12-22-44(40)51-45)31-23-25-32(26-24-31)41-29-35-17-7-8-18-36(35)38-19-9-10-20-39(38)41/h1-30H. The first-order chi connectivity index (χ1) is 25.3. The van der Waals surface area contributed by atoms with Gasteiger partial charge in [-0.1, -0.05) is 152 Å². The molecule has 10 aromatic rings. The molecule has 0 saturated heterocycles. The molecule has 0 saturated carbocycles.